The first-order chi connectivity index (χ1) is 13.0. The highest BCUT2D eigenvalue weighted by Gasteiger charge is 2.31. The van der Waals surface area contributed by atoms with Crippen molar-refractivity contribution in [1.29, 1.82) is 0 Å². The van der Waals surface area contributed by atoms with Crippen LogP contribution in [0.2, 0.25) is 0 Å². The minimum Gasteiger partial charge on any atom is -0.280 e. The van der Waals surface area contributed by atoms with E-state index in [0.29, 0.717) is 19.2 Å². The molecule has 2 aromatic carbocycles. The second kappa shape index (κ2) is 7.37. The van der Waals surface area contributed by atoms with Gasteiger partial charge in [-0.25, -0.2) is 16.8 Å². The van der Waals surface area contributed by atoms with Crippen LogP contribution in [0.5, 0.6) is 0 Å². The minimum absolute atomic E-state index is 0.0348. The Morgan fingerprint density at radius 3 is 2.00 bits per heavy atom. The van der Waals surface area contributed by atoms with Gasteiger partial charge in [-0.2, -0.15) is 17.5 Å². The molecule has 0 saturated carbocycles. The van der Waals surface area contributed by atoms with Crippen molar-refractivity contribution in [3.05, 3.63) is 54.1 Å². The average molecular weight is 434 g/mol. The molecule has 1 fully saturated rings. The summed E-state index contributed by atoms with van der Waals surface area (Å²) in [6.45, 7) is 0.832. The van der Waals surface area contributed by atoms with E-state index < -0.39 is 31.8 Å². The highest BCUT2D eigenvalue weighted by molar-refractivity contribution is 7.92. The Hall–Kier alpha value is -2.11. The van der Waals surface area contributed by atoms with E-state index in [1.807, 2.05) is 0 Å². The number of hydrogen-bond acceptors (Lipinski definition) is 4. The third-order valence-electron chi connectivity index (χ3n) is 4.28. The van der Waals surface area contributed by atoms with E-state index in [1.54, 1.807) is 0 Å². The molecule has 3 rings (SSSR count). The van der Waals surface area contributed by atoms with Crippen LogP contribution in [0.25, 0.3) is 0 Å². The van der Waals surface area contributed by atoms with Gasteiger partial charge in [-0.1, -0.05) is 6.07 Å². The van der Waals surface area contributed by atoms with Crippen LogP contribution in [-0.2, 0) is 26.2 Å². The molecule has 11 heteroatoms. The molecule has 0 amide bonds. The lowest BCUT2D eigenvalue weighted by Gasteiger charge is -2.16. The number of benzene rings is 2. The van der Waals surface area contributed by atoms with Gasteiger partial charge in [0.25, 0.3) is 10.0 Å². The summed E-state index contributed by atoms with van der Waals surface area (Å²) in [5.41, 5.74) is -1.23. The molecule has 28 heavy (non-hydrogen) atoms. The molecule has 0 aromatic heterocycles. The molecule has 6 nitrogen and oxygen atoms in total. The zero-order chi connectivity index (χ0) is 20.6. The van der Waals surface area contributed by atoms with Crippen LogP contribution in [0.3, 0.4) is 0 Å². The lowest BCUT2D eigenvalue weighted by Crippen LogP contribution is -2.27. The molecule has 2 aromatic rings. The van der Waals surface area contributed by atoms with E-state index in [0.717, 1.165) is 37.1 Å². The number of hydrogen-bond donors (Lipinski definition) is 1. The first kappa shape index (κ1) is 20.6. The van der Waals surface area contributed by atoms with E-state index >= 15 is 0 Å². The number of rotatable bonds is 5. The minimum atomic E-state index is -4.60. The molecule has 1 aliphatic heterocycles. The molecule has 0 bridgehead atoms. The number of nitrogens with one attached hydrogen (secondary N) is 1. The fourth-order valence-electron chi connectivity index (χ4n) is 2.84. The maximum absolute atomic E-state index is 12.8. The largest absolute Gasteiger partial charge is 0.416 e. The van der Waals surface area contributed by atoms with Gasteiger partial charge in [0.15, 0.2) is 0 Å². The van der Waals surface area contributed by atoms with E-state index in [2.05, 4.69) is 4.72 Å². The molecular formula is C17H17F3N2O4S2. The lowest BCUT2D eigenvalue weighted by atomic mass is 10.2. The summed E-state index contributed by atoms with van der Waals surface area (Å²) in [5.74, 6) is 0. The standard InChI is InChI=1S/C17H17F3N2O4S2/c18-17(19,20)13-4-3-5-14(12-13)21-27(23,24)15-6-8-16(9-7-15)28(25,26)22-10-1-2-11-22/h3-9,12,21H,1-2,10-11H2. The van der Waals surface area contributed by atoms with Gasteiger partial charge in [0, 0.05) is 18.8 Å². The highest BCUT2D eigenvalue weighted by atomic mass is 32.2. The van der Waals surface area contributed by atoms with E-state index in [-0.39, 0.29) is 15.5 Å². The predicted octanol–water partition coefficient (Wildman–Crippen LogP) is 3.29. The zero-order valence-electron chi connectivity index (χ0n) is 14.5. The van der Waals surface area contributed by atoms with Crippen LogP contribution < -0.4 is 4.72 Å². The summed E-state index contributed by atoms with van der Waals surface area (Å²) in [6.07, 6.45) is -3.06. The summed E-state index contributed by atoms with van der Waals surface area (Å²) in [5, 5.41) is 0. The highest BCUT2D eigenvalue weighted by Crippen LogP contribution is 2.31. The zero-order valence-corrected chi connectivity index (χ0v) is 16.1. The molecule has 1 N–H and O–H groups in total. The fraction of sp³-hybridized carbons (Fsp3) is 0.294. The number of alkyl halides is 3. The van der Waals surface area contributed by atoms with Crippen molar-refractivity contribution in [2.75, 3.05) is 17.8 Å². The monoisotopic (exact) mass is 434 g/mol. The first-order valence-corrected chi connectivity index (χ1v) is 11.2. The van der Waals surface area contributed by atoms with Crippen molar-refractivity contribution in [3.63, 3.8) is 0 Å². The lowest BCUT2D eigenvalue weighted by molar-refractivity contribution is -0.137. The van der Waals surface area contributed by atoms with Gasteiger partial charge in [-0.15, -0.1) is 0 Å². The second-order valence-electron chi connectivity index (χ2n) is 6.27. The van der Waals surface area contributed by atoms with Crippen LogP contribution in [0.1, 0.15) is 18.4 Å². The van der Waals surface area contributed by atoms with Crippen LogP contribution in [0, 0.1) is 0 Å². The third kappa shape index (κ3) is 4.31. The normalized spacial score (nSPS) is 16.2. The Bertz CT molecular complexity index is 1060. The molecule has 0 atom stereocenters. The molecule has 1 heterocycles. The van der Waals surface area contributed by atoms with Gasteiger partial charge in [-0.05, 0) is 55.3 Å². The van der Waals surface area contributed by atoms with Crippen LogP contribution in [0.15, 0.2) is 58.3 Å². The van der Waals surface area contributed by atoms with E-state index in [9.17, 15) is 30.0 Å². The van der Waals surface area contributed by atoms with Crippen molar-refractivity contribution in [1.82, 2.24) is 4.31 Å². The quantitative estimate of drug-likeness (QED) is 0.783. The van der Waals surface area contributed by atoms with Crippen molar-refractivity contribution in [3.8, 4) is 0 Å². The fourth-order valence-corrected chi connectivity index (χ4v) is 5.41. The smallest absolute Gasteiger partial charge is 0.280 e. The molecule has 152 valence electrons. The topological polar surface area (TPSA) is 83.5 Å². The van der Waals surface area contributed by atoms with Crippen LogP contribution in [0.4, 0.5) is 18.9 Å². The summed E-state index contributed by atoms with van der Waals surface area (Å²) in [6, 6.07) is 8.37. The number of halogens is 3. The van der Waals surface area contributed by atoms with Crippen molar-refractivity contribution >= 4 is 25.7 Å². The predicted molar refractivity (Wildman–Crippen MR) is 96.7 cm³/mol. The summed E-state index contributed by atoms with van der Waals surface area (Å²) < 4.78 is 91.5. The number of sulfonamides is 2. The summed E-state index contributed by atoms with van der Waals surface area (Å²) in [4.78, 5) is -0.294. The average Bonchev–Trinajstić information content (AvgIpc) is 3.16. The SMILES string of the molecule is O=S(=O)(Nc1cccc(C(F)(F)F)c1)c1ccc(S(=O)(=O)N2CCCC2)cc1. The van der Waals surface area contributed by atoms with Crippen molar-refractivity contribution in [2.45, 2.75) is 28.8 Å². The van der Waals surface area contributed by atoms with Crippen molar-refractivity contribution < 1.29 is 30.0 Å². The number of nitrogens with zero attached hydrogens (tertiary/aromatic N) is 1. The van der Waals surface area contributed by atoms with Crippen LogP contribution in [-0.4, -0.2) is 34.2 Å². The first-order valence-electron chi connectivity index (χ1n) is 8.30. The van der Waals surface area contributed by atoms with E-state index in [1.165, 1.54) is 22.5 Å². The third-order valence-corrected chi connectivity index (χ3v) is 7.59. The molecule has 0 aliphatic carbocycles. The Morgan fingerprint density at radius 2 is 1.43 bits per heavy atom. The Kier molecular flexibility index (Phi) is 5.43. The van der Waals surface area contributed by atoms with Gasteiger partial charge in [0.2, 0.25) is 10.0 Å². The summed E-state index contributed by atoms with van der Waals surface area (Å²) in [7, 11) is -7.87. The molecule has 1 saturated heterocycles. The van der Waals surface area contributed by atoms with E-state index in [4.69, 9.17) is 0 Å². The Labute approximate surface area is 161 Å². The van der Waals surface area contributed by atoms with Gasteiger partial charge in [0.1, 0.15) is 0 Å². The molecule has 0 unspecified atom stereocenters. The molecule has 0 spiro atoms. The van der Waals surface area contributed by atoms with Gasteiger partial charge < -0.3 is 0 Å². The molecule has 0 radical (unpaired) electrons. The Morgan fingerprint density at radius 1 is 0.857 bits per heavy atom. The maximum Gasteiger partial charge on any atom is 0.416 e. The van der Waals surface area contributed by atoms with Crippen LogP contribution >= 0.6 is 0 Å². The second-order valence-corrected chi connectivity index (χ2v) is 9.89. The van der Waals surface area contributed by atoms with Crippen molar-refractivity contribution in [2.24, 2.45) is 0 Å². The van der Waals surface area contributed by atoms with Gasteiger partial charge in [-0.3, -0.25) is 4.72 Å². The Balaban J connectivity index is 1.83. The number of anilines is 1. The molecular weight excluding hydrogens is 417 g/mol. The maximum atomic E-state index is 12.8. The molecule has 1 aliphatic rings. The van der Waals surface area contributed by atoms with Gasteiger partial charge in [0.05, 0.1) is 15.4 Å². The van der Waals surface area contributed by atoms with Gasteiger partial charge >= 0.3 is 6.18 Å². The summed E-state index contributed by atoms with van der Waals surface area (Å²) >= 11 is 0.